The first kappa shape index (κ1) is 14.0. The second-order valence-corrected chi connectivity index (χ2v) is 8.10. The van der Waals surface area contributed by atoms with Gasteiger partial charge < -0.3 is 4.74 Å². The van der Waals surface area contributed by atoms with Crippen LogP contribution >= 0.6 is 31.9 Å². The monoisotopic (exact) mass is 380 g/mol. The van der Waals surface area contributed by atoms with Crippen molar-refractivity contribution < 1.29 is 4.74 Å². The van der Waals surface area contributed by atoms with Crippen LogP contribution in [0.25, 0.3) is 0 Å². The van der Waals surface area contributed by atoms with Crippen molar-refractivity contribution in [1.29, 1.82) is 0 Å². The molecular formula is C11H14Br2N2O3. The van der Waals surface area contributed by atoms with Crippen LogP contribution in [-0.2, 0) is 4.74 Å². The quantitative estimate of drug-likeness (QED) is 0.796. The number of rotatable bonds is 2. The highest BCUT2D eigenvalue weighted by molar-refractivity contribution is 9.25. The Morgan fingerprint density at radius 3 is 2.67 bits per heavy atom. The van der Waals surface area contributed by atoms with Gasteiger partial charge in [-0.3, -0.25) is 14.3 Å². The van der Waals surface area contributed by atoms with Crippen LogP contribution in [-0.4, -0.2) is 18.9 Å². The molecule has 1 aliphatic heterocycles. The van der Waals surface area contributed by atoms with Crippen LogP contribution in [0.2, 0.25) is 0 Å². The molecule has 0 amide bonds. The zero-order valence-corrected chi connectivity index (χ0v) is 13.2. The van der Waals surface area contributed by atoms with Gasteiger partial charge >= 0.3 is 5.69 Å². The molecule has 0 spiro atoms. The lowest BCUT2D eigenvalue weighted by Crippen LogP contribution is -2.37. The average molecular weight is 382 g/mol. The largest absolute Gasteiger partial charge is 0.352 e. The number of aromatic amines is 1. The molecule has 3 atom stereocenters. The highest BCUT2D eigenvalue weighted by atomic mass is 79.9. The van der Waals surface area contributed by atoms with Gasteiger partial charge in [-0.2, -0.15) is 0 Å². The highest BCUT2D eigenvalue weighted by Gasteiger charge is 2.52. The molecule has 0 bridgehead atoms. The van der Waals surface area contributed by atoms with Gasteiger partial charge in [-0.05, 0) is 6.42 Å². The molecule has 0 unspecified atom stereocenters. The van der Waals surface area contributed by atoms with E-state index in [0.29, 0.717) is 0 Å². The molecule has 0 radical (unpaired) electrons. The molecule has 100 valence electrons. The van der Waals surface area contributed by atoms with E-state index in [1.807, 2.05) is 13.8 Å². The number of nitrogens with zero attached hydrogens (tertiary/aromatic N) is 1. The number of H-pyrrole nitrogens is 1. The summed E-state index contributed by atoms with van der Waals surface area (Å²) in [6.45, 7) is 4.09. The fraction of sp³-hybridized carbons (Fsp3) is 0.636. The fourth-order valence-corrected chi connectivity index (χ4v) is 3.41. The first-order valence-corrected chi connectivity index (χ1v) is 7.31. The Kier molecular flexibility index (Phi) is 3.85. The topological polar surface area (TPSA) is 64.1 Å². The Bertz CT molecular complexity index is 552. The van der Waals surface area contributed by atoms with Gasteiger partial charge in [0.25, 0.3) is 5.56 Å². The molecule has 0 saturated carbocycles. The second-order valence-electron chi connectivity index (χ2n) is 4.42. The molecule has 1 aliphatic rings. The Balaban J connectivity index is 2.45. The third-order valence-electron chi connectivity index (χ3n) is 3.30. The van der Waals surface area contributed by atoms with Gasteiger partial charge in [-0.25, -0.2) is 4.79 Å². The summed E-state index contributed by atoms with van der Waals surface area (Å²) in [6, 6.07) is 1.31. The molecule has 1 saturated heterocycles. The minimum atomic E-state index is -0.525. The van der Waals surface area contributed by atoms with E-state index in [9.17, 15) is 9.59 Å². The summed E-state index contributed by atoms with van der Waals surface area (Å²) in [5, 5.41) is 0. The lowest BCUT2D eigenvalue weighted by molar-refractivity contribution is -0.00754. The summed E-state index contributed by atoms with van der Waals surface area (Å²) in [6.07, 6.45) is 1.86. The van der Waals surface area contributed by atoms with Crippen LogP contribution in [0.1, 0.15) is 26.5 Å². The number of aromatic nitrogens is 2. The molecule has 0 aromatic carbocycles. The van der Waals surface area contributed by atoms with E-state index >= 15 is 0 Å². The van der Waals surface area contributed by atoms with Crippen molar-refractivity contribution in [3.8, 4) is 0 Å². The van der Waals surface area contributed by atoms with Gasteiger partial charge in [0.1, 0.15) is 3.23 Å². The van der Waals surface area contributed by atoms with Crippen molar-refractivity contribution in [2.45, 2.75) is 35.8 Å². The van der Waals surface area contributed by atoms with Gasteiger partial charge in [0.05, 0.1) is 6.10 Å². The van der Waals surface area contributed by atoms with Crippen LogP contribution in [0.5, 0.6) is 0 Å². The summed E-state index contributed by atoms with van der Waals surface area (Å²) in [7, 11) is 0. The minimum Gasteiger partial charge on any atom is -0.352 e. The molecule has 18 heavy (non-hydrogen) atoms. The maximum atomic E-state index is 11.8. The van der Waals surface area contributed by atoms with Crippen LogP contribution in [0.15, 0.2) is 21.9 Å². The maximum Gasteiger partial charge on any atom is 0.330 e. The van der Waals surface area contributed by atoms with Gasteiger partial charge in [-0.15, -0.1) is 0 Å². The van der Waals surface area contributed by atoms with Crippen molar-refractivity contribution >= 4 is 31.9 Å². The van der Waals surface area contributed by atoms with E-state index in [-0.39, 0.29) is 12.0 Å². The lowest BCUT2D eigenvalue weighted by atomic mass is 10.0. The van der Waals surface area contributed by atoms with Gasteiger partial charge in [0, 0.05) is 18.2 Å². The highest BCUT2D eigenvalue weighted by Crippen LogP contribution is 2.53. The van der Waals surface area contributed by atoms with E-state index in [4.69, 9.17) is 4.74 Å². The van der Waals surface area contributed by atoms with Crippen molar-refractivity contribution in [2.24, 2.45) is 5.92 Å². The van der Waals surface area contributed by atoms with Crippen LogP contribution < -0.4 is 11.2 Å². The molecule has 2 rings (SSSR count). The van der Waals surface area contributed by atoms with Gasteiger partial charge in [0.2, 0.25) is 0 Å². The second kappa shape index (κ2) is 4.94. The third-order valence-corrected chi connectivity index (χ3v) is 5.53. The van der Waals surface area contributed by atoms with Crippen LogP contribution in [0, 0.1) is 5.92 Å². The van der Waals surface area contributed by atoms with Gasteiger partial charge in [-0.1, -0.05) is 45.7 Å². The van der Waals surface area contributed by atoms with Crippen molar-refractivity contribution in [3.05, 3.63) is 33.1 Å². The van der Waals surface area contributed by atoms with E-state index in [1.54, 1.807) is 0 Å². The molecule has 1 aromatic rings. The van der Waals surface area contributed by atoms with Crippen molar-refractivity contribution in [2.75, 3.05) is 0 Å². The van der Waals surface area contributed by atoms with Crippen LogP contribution in [0.3, 0.4) is 0 Å². The molecule has 2 heterocycles. The zero-order chi connectivity index (χ0) is 13.5. The SMILES string of the molecule is CC[C@H]1O[C@@H](n2ccc(=O)[nH]c2=O)C(Br)(Br)[C@H]1C. The van der Waals surface area contributed by atoms with Crippen LogP contribution in [0.4, 0.5) is 0 Å². The molecule has 7 heteroatoms. The third kappa shape index (κ3) is 2.23. The fourth-order valence-electron chi connectivity index (χ4n) is 2.16. The zero-order valence-electron chi connectivity index (χ0n) is 10.0. The molecule has 1 aromatic heterocycles. The predicted molar refractivity (Wildman–Crippen MR) is 75.3 cm³/mol. The minimum absolute atomic E-state index is 0.0487. The average Bonchev–Trinajstić information content (AvgIpc) is 2.52. The van der Waals surface area contributed by atoms with Crippen molar-refractivity contribution in [3.63, 3.8) is 0 Å². The smallest absolute Gasteiger partial charge is 0.330 e. The van der Waals surface area contributed by atoms with E-state index in [1.165, 1.54) is 16.8 Å². The van der Waals surface area contributed by atoms with Gasteiger partial charge in [0.15, 0.2) is 6.23 Å². The Morgan fingerprint density at radius 1 is 1.50 bits per heavy atom. The number of hydrogen-bond donors (Lipinski definition) is 1. The lowest BCUT2D eigenvalue weighted by Gasteiger charge is -2.25. The summed E-state index contributed by atoms with van der Waals surface area (Å²) < 4.78 is 6.75. The summed E-state index contributed by atoms with van der Waals surface area (Å²) in [5.74, 6) is 0.186. The predicted octanol–water partition coefficient (Wildman–Crippen LogP) is 1.97. The standard InChI is InChI=1S/C11H14Br2N2O3/c1-3-7-6(2)11(12,13)9(18-7)15-5-4-8(16)14-10(15)17/h4-7,9H,3H2,1-2H3,(H,14,16,17)/t6-,7+,9+/m0/s1. The summed E-state index contributed by atoms with van der Waals surface area (Å²) >= 11 is 7.17. The maximum absolute atomic E-state index is 11.8. The first-order valence-electron chi connectivity index (χ1n) is 5.72. The molecule has 1 fully saturated rings. The number of alkyl halides is 2. The summed E-state index contributed by atoms with van der Waals surface area (Å²) in [5.41, 5.74) is -0.885. The number of hydrogen-bond acceptors (Lipinski definition) is 3. The first-order chi connectivity index (χ1) is 8.37. The van der Waals surface area contributed by atoms with Crippen molar-refractivity contribution in [1.82, 2.24) is 9.55 Å². The number of ether oxygens (including phenoxy) is 1. The Labute approximate surface area is 121 Å². The molecule has 1 N–H and O–H groups in total. The normalized spacial score (nSPS) is 30.6. The Morgan fingerprint density at radius 2 is 2.17 bits per heavy atom. The molecule has 0 aliphatic carbocycles. The summed E-state index contributed by atoms with van der Waals surface area (Å²) in [4.78, 5) is 25.1. The number of halogens is 2. The van der Waals surface area contributed by atoms with E-state index < -0.39 is 20.7 Å². The molecule has 5 nitrogen and oxygen atoms in total. The number of nitrogens with one attached hydrogen (secondary N) is 1. The molecular weight excluding hydrogens is 368 g/mol. The van der Waals surface area contributed by atoms with E-state index in [0.717, 1.165) is 6.42 Å². The Hall–Kier alpha value is -0.400. The van der Waals surface area contributed by atoms with E-state index in [2.05, 4.69) is 36.8 Å².